The average molecular weight is 535 g/mol. The van der Waals surface area contributed by atoms with Crippen molar-refractivity contribution in [3.05, 3.63) is 102 Å². The van der Waals surface area contributed by atoms with Gasteiger partial charge in [-0.05, 0) is 66.6 Å². The summed E-state index contributed by atoms with van der Waals surface area (Å²) in [5.41, 5.74) is 3.89. The van der Waals surface area contributed by atoms with Gasteiger partial charge in [0.15, 0.2) is 5.69 Å². The predicted octanol–water partition coefficient (Wildman–Crippen LogP) is 6.71. The topological polar surface area (TPSA) is 61.5 Å². The second-order valence-electron chi connectivity index (χ2n) is 10.1. The number of H-pyrrole nitrogens is 1. The highest BCUT2D eigenvalue weighted by Gasteiger charge is 2.28. The minimum Gasteiger partial charge on any atom is -0.494 e. The number of ether oxygens (including phenoxy) is 1. The molecular weight excluding hydrogens is 503 g/mol. The van der Waals surface area contributed by atoms with Crippen molar-refractivity contribution in [2.45, 2.75) is 13.8 Å². The molecule has 2 heterocycles. The van der Waals surface area contributed by atoms with Crippen molar-refractivity contribution in [2.75, 3.05) is 37.7 Å². The molecule has 0 saturated carbocycles. The van der Waals surface area contributed by atoms with Gasteiger partial charge in [0.05, 0.1) is 17.9 Å². The normalized spacial score (nSPS) is 13.6. The Kier molecular flexibility index (Phi) is 6.95. The van der Waals surface area contributed by atoms with E-state index in [0.29, 0.717) is 55.6 Å². The molecule has 6 rings (SSSR count). The maximum absolute atomic E-state index is 14.9. The van der Waals surface area contributed by atoms with Crippen LogP contribution in [0.2, 0.25) is 0 Å². The lowest BCUT2D eigenvalue weighted by atomic mass is 10.1. The van der Waals surface area contributed by atoms with Crippen molar-refractivity contribution >= 4 is 22.4 Å². The van der Waals surface area contributed by atoms with Gasteiger partial charge in [-0.15, -0.1) is 0 Å². The van der Waals surface area contributed by atoms with Gasteiger partial charge in [0.1, 0.15) is 17.4 Å². The van der Waals surface area contributed by atoms with E-state index in [2.05, 4.69) is 45.2 Å². The second kappa shape index (κ2) is 10.8. The number of rotatable bonds is 6. The number of nitrogens with one attached hydrogen (secondary N) is 1. The number of hydrogen-bond acceptors (Lipinski definition) is 4. The third kappa shape index (κ3) is 5.02. The van der Waals surface area contributed by atoms with Crippen LogP contribution < -0.4 is 9.64 Å². The Balaban J connectivity index is 1.29. The van der Waals surface area contributed by atoms with Crippen LogP contribution in [-0.2, 0) is 0 Å². The van der Waals surface area contributed by atoms with Crippen molar-refractivity contribution in [3.63, 3.8) is 0 Å². The number of carbonyl (C=O) groups is 1. The van der Waals surface area contributed by atoms with E-state index in [0.717, 1.165) is 16.8 Å². The lowest BCUT2D eigenvalue weighted by Gasteiger charge is -2.36. The molecule has 6 nitrogen and oxygen atoms in total. The number of carbonyl (C=O) groups excluding carboxylic acids is 1. The first-order valence-corrected chi connectivity index (χ1v) is 13.6. The fourth-order valence-electron chi connectivity index (χ4n) is 5.28. The molecule has 1 saturated heterocycles. The summed E-state index contributed by atoms with van der Waals surface area (Å²) in [4.78, 5) is 26.0. The van der Waals surface area contributed by atoms with Gasteiger partial charge in [-0.3, -0.25) is 4.79 Å². The van der Waals surface area contributed by atoms with Crippen LogP contribution in [0.5, 0.6) is 5.75 Å². The van der Waals surface area contributed by atoms with Crippen molar-refractivity contribution in [3.8, 4) is 28.4 Å². The summed E-state index contributed by atoms with van der Waals surface area (Å²) in [6.45, 7) is 6.84. The number of halogens is 1. The molecule has 1 aliphatic rings. The number of anilines is 1. The van der Waals surface area contributed by atoms with Crippen LogP contribution in [0, 0.1) is 12.7 Å². The SMILES string of the molecule is CCOc1cccc(-c2[nH]c(-c3ccc(C)cc3F)nc2C(=O)N2CCN(c3ccc4ccccc4c3)CC2)c1. The van der Waals surface area contributed by atoms with Crippen LogP contribution in [-0.4, -0.2) is 53.6 Å². The van der Waals surface area contributed by atoms with Crippen molar-refractivity contribution in [1.82, 2.24) is 14.9 Å². The van der Waals surface area contributed by atoms with Gasteiger partial charge < -0.3 is 19.5 Å². The predicted molar refractivity (Wildman–Crippen MR) is 157 cm³/mol. The van der Waals surface area contributed by atoms with Crippen LogP contribution in [0.4, 0.5) is 10.1 Å². The summed E-state index contributed by atoms with van der Waals surface area (Å²) >= 11 is 0. The second-order valence-corrected chi connectivity index (χ2v) is 10.1. The summed E-state index contributed by atoms with van der Waals surface area (Å²) in [7, 11) is 0. The fraction of sp³-hybridized carbons (Fsp3) is 0.212. The molecule has 1 amide bonds. The third-order valence-corrected chi connectivity index (χ3v) is 7.38. The zero-order chi connectivity index (χ0) is 27.6. The first kappa shape index (κ1) is 25.6. The van der Waals surface area contributed by atoms with Gasteiger partial charge >= 0.3 is 0 Å². The van der Waals surface area contributed by atoms with Crippen molar-refractivity contribution < 1.29 is 13.9 Å². The standard InChI is InChI=1S/C33H31FN4O2/c1-3-40-27-10-6-9-25(21-27)30-31(36-32(35-30)28-14-11-22(2)19-29(28)34)33(39)38-17-15-37(16-18-38)26-13-12-23-7-4-5-8-24(23)20-26/h4-14,19-21H,3,15-18H2,1-2H3,(H,35,36). The summed E-state index contributed by atoms with van der Waals surface area (Å²) in [5.74, 6) is 0.462. The van der Waals surface area contributed by atoms with Gasteiger partial charge in [0.2, 0.25) is 0 Å². The molecule has 0 aliphatic carbocycles. The van der Waals surface area contributed by atoms with E-state index in [1.54, 1.807) is 6.07 Å². The number of aryl methyl sites for hydroxylation is 1. The number of benzene rings is 4. The molecule has 1 aliphatic heterocycles. The fourth-order valence-corrected chi connectivity index (χ4v) is 5.28. The molecule has 4 aromatic carbocycles. The Labute approximate surface area is 233 Å². The zero-order valence-electron chi connectivity index (χ0n) is 22.7. The van der Waals surface area contributed by atoms with Crippen LogP contribution >= 0.6 is 0 Å². The molecule has 1 aromatic heterocycles. The Morgan fingerprint density at radius 1 is 0.925 bits per heavy atom. The Morgan fingerprint density at radius 2 is 1.73 bits per heavy atom. The summed E-state index contributed by atoms with van der Waals surface area (Å²) in [6, 6.07) is 27.3. The monoisotopic (exact) mass is 534 g/mol. The smallest absolute Gasteiger partial charge is 0.274 e. The molecular formula is C33H31FN4O2. The number of amides is 1. The minimum atomic E-state index is -0.383. The van der Waals surface area contributed by atoms with E-state index >= 15 is 0 Å². The largest absolute Gasteiger partial charge is 0.494 e. The van der Waals surface area contributed by atoms with Gasteiger partial charge in [-0.1, -0.05) is 48.5 Å². The molecule has 0 bridgehead atoms. The summed E-state index contributed by atoms with van der Waals surface area (Å²) in [6.07, 6.45) is 0. The Bertz CT molecular complexity index is 1690. The molecule has 1 N–H and O–H groups in total. The number of nitrogens with zero attached hydrogens (tertiary/aromatic N) is 3. The molecule has 0 unspecified atom stereocenters. The first-order valence-electron chi connectivity index (χ1n) is 13.6. The molecule has 5 aromatic rings. The maximum atomic E-state index is 14.9. The molecule has 202 valence electrons. The highest BCUT2D eigenvalue weighted by Crippen LogP contribution is 2.31. The molecule has 7 heteroatoms. The van der Waals surface area contributed by atoms with E-state index in [4.69, 9.17) is 4.74 Å². The highest BCUT2D eigenvalue weighted by molar-refractivity contribution is 5.99. The highest BCUT2D eigenvalue weighted by atomic mass is 19.1. The lowest BCUT2D eigenvalue weighted by molar-refractivity contribution is 0.0742. The number of fused-ring (bicyclic) bond motifs is 1. The molecule has 1 fully saturated rings. The zero-order valence-corrected chi connectivity index (χ0v) is 22.7. The number of aromatic nitrogens is 2. The summed E-state index contributed by atoms with van der Waals surface area (Å²) < 4.78 is 20.6. The van der Waals surface area contributed by atoms with Gasteiger partial charge in [-0.25, -0.2) is 9.37 Å². The van der Waals surface area contributed by atoms with E-state index in [1.165, 1.54) is 16.8 Å². The third-order valence-electron chi connectivity index (χ3n) is 7.38. The van der Waals surface area contributed by atoms with Crippen LogP contribution in [0.25, 0.3) is 33.4 Å². The van der Waals surface area contributed by atoms with E-state index in [9.17, 15) is 9.18 Å². The molecule has 0 atom stereocenters. The number of piperazine rings is 1. The van der Waals surface area contributed by atoms with Gasteiger partial charge in [0, 0.05) is 37.4 Å². The molecule has 40 heavy (non-hydrogen) atoms. The van der Waals surface area contributed by atoms with Gasteiger partial charge in [0.25, 0.3) is 5.91 Å². The minimum absolute atomic E-state index is 0.176. The van der Waals surface area contributed by atoms with Gasteiger partial charge in [-0.2, -0.15) is 0 Å². The van der Waals surface area contributed by atoms with Crippen LogP contribution in [0.1, 0.15) is 23.0 Å². The number of imidazole rings is 1. The molecule has 0 spiro atoms. The quantitative estimate of drug-likeness (QED) is 0.263. The first-order chi connectivity index (χ1) is 19.5. The van der Waals surface area contributed by atoms with E-state index < -0.39 is 0 Å². The van der Waals surface area contributed by atoms with E-state index in [1.807, 2.05) is 61.2 Å². The lowest BCUT2D eigenvalue weighted by Crippen LogP contribution is -2.49. The average Bonchev–Trinajstić information content (AvgIpc) is 3.42. The number of aromatic amines is 1. The van der Waals surface area contributed by atoms with Crippen LogP contribution in [0.15, 0.2) is 84.9 Å². The van der Waals surface area contributed by atoms with E-state index in [-0.39, 0.29) is 17.4 Å². The Hall–Kier alpha value is -4.65. The van der Waals surface area contributed by atoms with Crippen molar-refractivity contribution in [1.29, 1.82) is 0 Å². The molecule has 0 radical (unpaired) electrons. The summed E-state index contributed by atoms with van der Waals surface area (Å²) in [5, 5.41) is 2.41. The Morgan fingerprint density at radius 3 is 2.50 bits per heavy atom. The van der Waals surface area contributed by atoms with Crippen LogP contribution in [0.3, 0.4) is 0 Å². The van der Waals surface area contributed by atoms with Crippen molar-refractivity contribution in [2.24, 2.45) is 0 Å². The maximum Gasteiger partial charge on any atom is 0.274 e. The number of hydrogen-bond donors (Lipinski definition) is 1.